The molecule has 1 N–H and O–H groups in total. The lowest BCUT2D eigenvalue weighted by molar-refractivity contribution is -0.134. The van der Waals surface area contributed by atoms with Crippen LogP contribution in [0.25, 0.3) is 16.6 Å². The molecule has 0 spiro atoms. The van der Waals surface area contributed by atoms with Crippen molar-refractivity contribution >= 4 is 29.2 Å². The van der Waals surface area contributed by atoms with Gasteiger partial charge in [-0.3, -0.25) is 14.2 Å². The average molecular weight is 519 g/mol. The van der Waals surface area contributed by atoms with Crippen molar-refractivity contribution in [3.8, 4) is 11.4 Å². The summed E-state index contributed by atoms with van der Waals surface area (Å²) < 4.78 is 9.64. The second-order valence-corrected chi connectivity index (χ2v) is 9.69. The molecule has 0 unspecified atom stereocenters. The molecular formula is C29H31ClN4O3. The molecule has 1 fully saturated rings. The van der Waals surface area contributed by atoms with Crippen LogP contribution in [0.4, 0.5) is 0 Å². The van der Waals surface area contributed by atoms with Crippen molar-refractivity contribution in [2.45, 2.75) is 38.5 Å². The maximum Gasteiger partial charge on any atom is 0.258 e. The number of ether oxygens (including phenoxy) is 1. The van der Waals surface area contributed by atoms with Gasteiger partial charge in [0.05, 0.1) is 23.8 Å². The van der Waals surface area contributed by atoms with E-state index in [-0.39, 0.29) is 29.9 Å². The molecule has 0 aliphatic carbocycles. The number of carbonyl (C=O) groups excluding carboxylic acids is 1. The van der Waals surface area contributed by atoms with E-state index >= 15 is 0 Å². The lowest BCUT2D eigenvalue weighted by Gasteiger charge is -2.30. The van der Waals surface area contributed by atoms with Crippen LogP contribution in [0, 0.1) is 0 Å². The third kappa shape index (κ3) is 4.77. The van der Waals surface area contributed by atoms with E-state index in [1.165, 1.54) is 22.7 Å². The number of carbonyl (C=O) groups is 1. The van der Waals surface area contributed by atoms with Crippen molar-refractivity contribution in [2.24, 2.45) is 7.05 Å². The molecule has 192 valence electrons. The highest BCUT2D eigenvalue weighted by Crippen LogP contribution is 2.32. The molecule has 4 aromatic rings. The van der Waals surface area contributed by atoms with Crippen LogP contribution in [-0.2, 0) is 31.4 Å². The van der Waals surface area contributed by atoms with Crippen LogP contribution >= 0.6 is 12.4 Å². The molecule has 7 nitrogen and oxygen atoms in total. The van der Waals surface area contributed by atoms with Crippen LogP contribution in [0.15, 0.2) is 71.7 Å². The fraction of sp³-hybridized carbons (Fsp3) is 0.310. The summed E-state index contributed by atoms with van der Waals surface area (Å²) in [5.41, 5.74) is 5.28. The average Bonchev–Trinajstić information content (AvgIpc) is 3.55. The van der Waals surface area contributed by atoms with Gasteiger partial charge in [0, 0.05) is 36.9 Å². The normalized spacial score (nSPS) is 16.9. The first-order chi connectivity index (χ1) is 17.6. The Kier molecular flexibility index (Phi) is 7.09. The van der Waals surface area contributed by atoms with Crippen molar-refractivity contribution in [2.75, 3.05) is 13.1 Å². The number of nitrogens with zero attached hydrogens (tertiary/aromatic N) is 3. The Morgan fingerprint density at radius 1 is 1.11 bits per heavy atom. The maximum absolute atomic E-state index is 13.0. The van der Waals surface area contributed by atoms with Crippen LogP contribution in [-0.4, -0.2) is 39.1 Å². The Labute approximate surface area is 222 Å². The third-order valence-corrected chi connectivity index (χ3v) is 7.48. The molecule has 1 saturated heterocycles. The van der Waals surface area contributed by atoms with Gasteiger partial charge in [0.15, 0.2) is 0 Å². The van der Waals surface area contributed by atoms with Crippen LogP contribution in [0.2, 0.25) is 0 Å². The molecule has 0 bridgehead atoms. The van der Waals surface area contributed by atoms with E-state index in [9.17, 15) is 9.59 Å². The van der Waals surface area contributed by atoms with E-state index < -0.39 is 0 Å². The summed E-state index contributed by atoms with van der Waals surface area (Å²) in [7, 11) is 2.05. The van der Waals surface area contributed by atoms with Gasteiger partial charge in [0.1, 0.15) is 12.4 Å². The van der Waals surface area contributed by atoms with Crippen LogP contribution in [0.1, 0.15) is 29.7 Å². The number of hydrogen-bond acceptors (Lipinski definition) is 4. The zero-order valence-electron chi connectivity index (χ0n) is 20.9. The largest absolute Gasteiger partial charge is 0.489 e. The quantitative estimate of drug-likeness (QED) is 0.434. The van der Waals surface area contributed by atoms with Gasteiger partial charge < -0.3 is 19.5 Å². The Morgan fingerprint density at radius 3 is 2.70 bits per heavy atom. The summed E-state index contributed by atoms with van der Waals surface area (Å²) in [5.74, 6) is 0.766. The van der Waals surface area contributed by atoms with Gasteiger partial charge in [0.2, 0.25) is 5.91 Å². The van der Waals surface area contributed by atoms with Crippen LogP contribution in [0.5, 0.6) is 5.75 Å². The van der Waals surface area contributed by atoms with E-state index in [4.69, 9.17) is 4.74 Å². The minimum absolute atomic E-state index is 0. The molecule has 8 heteroatoms. The van der Waals surface area contributed by atoms with Gasteiger partial charge in [-0.1, -0.05) is 36.4 Å². The summed E-state index contributed by atoms with van der Waals surface area (Å²) in [4.78, 5) is 27.9. The van der Waals surface area contributed by atoms with E-state index in [0.29, 0.717) is 18.9 Å². The maximum atomic E-state index is 13.0. The number of benzene rings is 2. The molecule has 6 rings (SSSR count). The predicted molar refractivity (Wildman–Crippen MR) is 147 cm³/mol. The highest BCUT2D eigenvalue weighted by molar-refractivity contribution is 5.88. The summed E-state index contributed by atoms with van der Waals surface area (Å²) in [6, 6.07) is 19.4. The van der Waals surface area contributed by atoms with Crippen LogP contribution < -0.4 is 15.6 Å². The fourth-order valence-electron chi connectivity index (χ4n) is 5.50. The molecule has 37 heavy (non-hydrogen) atoms. The van der Waals surface area contributed by atoms with Crippen molar-refractivity contribution in [1.82, 2.24) is 19.4 Å². The molecular weight excluding hydrogens is 488 g/mol. The Balaban J connectivity index is 0.00000280. The highest BCUT2D eigenvalue weighted by atomic mass is 35.5. The topological polar surface area (TPSA) is 68.5 Å². The minimum Gasteiger partial charge on any atom is -0.489 e. The molecule has 4 heterocycles. The third-order valence-electron chi connectivity index (χ3n) is 7.48. The van der Waals surface area contributed by atoms with Gasteiger partial charge in [-0.15, -0.1) is 12.4 Å². The number of hydrogen-bond donors (Lipinski definition) is 1. The van der Waals surface area contributed by atoms with Gasteiger partial charge in [-0.2, -0.15) is 0 Å². The lowest BCUT2D eigenvalue weighted by atomic mass is 10.0. The van der Waals surface area contributed by atoms with Crippen molar-refractivity contribution in [1.29, 1.82) is 0 Å². The second-order valence-electron chi connectivity index (χ2n) is 9.69. The van der Waals surface area contributed by atoms with Gasteiger partial charge >= 0.3 is 0 Å². The number of aryl methyl sites for hydroxylation is 1. The molecule has 2 aliphatic rings. The summed E-state index contributed by atoms with van der Waals surface area (Å²) in [6.45, 7) is 2.71. The van der Waals surface area contributed by atoms with Gasteiger partial charge in [0.25, 0.3) is 5.56 Å². The monoisotopic (exact) mass is 518 g/mol. The first kappa shape index (κ1) is 25.1. The molecule has 2 aliphatic heterocycles. The van der Waals surface area contributed by atoms with E-state index in [1.807, 2.05) is 47.4 Å². The SMILES string of the molecule is Cl.Cn1c2c(c3ccc(-n4ccc(OCc5ccccc5)cc4=O)cc31)CCN(C(=O)[C@@H]1CCCN1)C2. The van der Waals surface area contributed by atoms with Gasteiger partial charge in [-0.25, -0.2) is 0 Å². The molecule has 2 aromatic heterocycles. The summed E-state index contributed by atoms with van der Waals surface area (Å²) in [5, 5.41) is 4.52. The summed E-state index contributed by atoms with van der Waals surface area (Å²) >= 11 is 0. The molecule has 0 saturated carbocycles. The first-order valence-electron chi connectivity index (χ1n) is 12.6. The molecule has 2 aromatic carbocycles. The first-order valence-corrected chi connectivity index (χ1v) is 12.6. The zero-order valence-corrected chi connectivity index (χ0v) is 21.7. The Morgan fingerprint density at radius 2 is 1.95 bits per heavy atom. The summed E-state index contributed by atoms with van der Waals surface area (Å²) in [6.07, 6.45) is 4.59. The number of pyridine rings is 1. The number of aromatic nitrogens is 2. The van der Waals surface area contributed by atoms with Crippen molar-refractivity contribution in [3.63, 3.8) is 0 Å². The minimum atomic E-state index is -0.139. The predicted octanol–water partition coefficient (Wildman–Crippen LogP) is 3.97. The smallest absolute Gasteiger partial charge is 0.258 e. The number of rotatable bonds is 5. The molecule has 1 amide bonds. The number of nitrogens with one attached hydrogen (secondary N) is 1. The number of fused-ring (bicyclic) bond motifs is 3. The van der Waals surface area contributed by atoms with Crippen LogP contribution in [0.3, 0.4) is 0 Å². The fourth-order valence-corrected chi connectivity index (χ4v) is 5.50. The van der Waals surface area contributed by atoms with Crippen molar-refractivity contribution in [3.05, 3.63) is 94.0 Å². The standard InChI is InChI=1S/C29H30N4O3.ClH/c1-31-26-16-21(33-15-11-22(17-28(33)34)36-19-20-6-3-2-4-7-20)9-10-23(26)24-12-14-32(18-27(24)31)29(35)25-8-5-13-30-25;/h2-4,6-7,9-11,15-17,25,30H,5,8,12-14,18-19H2,1H3;1H/t25-;/m0./s1. The highest BCUT2D eigenvalue weighted by Gasteiger charge is 2.31. The molecule has 1 atom stereocenters. The number of halogens is 1. The second kappa shape index (κ2) is 10.4. The van der Waals surface area contributed by atoms with E-state index in [0.717, 1.165) is 49.1 Å². The van der Waals surface area contributed by atoms with Crippen molar-refractivity contribution < 1.29 is 9.53 Å². The number of amides is 1. The Hall–Kier alpha value is -3.55. The molecule has 0 radical (unpaired) electrons. The van der Waals surface area contributed by atoms with E-state index in [1.54, 1.807) is 10.8 Å². The van der Waals surface area contributed by atoms with E-state index in [2.05, 4.69) is 29.1 Å². The Bertz CT molecular complexity index is 1490. The zero-order chi connectivity index (χ0) is 24.6. The lowest BCUT2D eigenvalue weighted by Crippen LogP contribution is -2.45. The van der Waals surface area contributed by atoms with Gasteiger partial charge in [-0.05, 0) is 55.1 Å².